The average molecular weight is 351 g/mol. The van der Waals surface area contributed by atoms with Crippen molar-refractivity contribution in [1.82, 2.24) is 9.55 Å². The fourth-order valence-corrected chi connectivity index (χ4v) is 2.71. The molecule has 1 atom stereocenters. The van der Waals surface area contributed by atoms with E-state index in [0.717, 1.165) is 5.56 Å². The number of carbonyl (C=O) groups excluding carboxylic acids is 1. The zero-order valence-corrected chi connectivity index (χ0v) is 14.0. The van der Waals surface area contributed by atoms with E-state index in [9.17, 15) is 14.9 Å². The van der Waals surface area contributed by atoms with Gasteiger partial charge in [-0.1, -0.05) is 30.3 Å². The highest BCUT2D eigenvalue weighted by Gasteiger charge is 2.23. The Morgan fingerprint density at radius 3 is 2.58 bits per heavy atom. The summed E-state index contributed by atoms with van der Waals surface area (Å²) in [6, 6.07) is 13.2. The third kappa shape index (κ3) is 3.39. The maximum atomic E-state index is 11.5. The summed E-state index contributed by atoms with van der Waals surface area (Å²) < 4.78 is 1.84. The Hall–Kier alpha value is -3.68. The van der Waals surface area contributed by atoms with Gasteiger partial charge in [0, 0.05) is 31.1 Å². The fourth-order valence-electron chi connectivity index (χ4n) is 2.71. The van der Waals surface area contributed by atoms with Crippen LogP contribution in [0.25, 0.3) is 0 Å². The fraction of sp³-hybridized carbons (Fsp3) is 0.111. The van der Waals surface area contributed by atoms with Crippen LogP contribution in [-0.2, 0) is 7.05 Å². The molecule has 0 saturated carbocycles. The number of aryl methyl sites for hydroxylation is 1. The summed E-state index contributed by atoms with van der Waals surface area (Å²) in [5.74, 6) is -0.0205. The summed E-state index contributed by atoms with van der Waals surface area (Å²) >= 11 is 0. The van der Waals surface area contributed by atoms with E-state index in [-0.39, 0.29) is 16.9 Å². The van der Waals surface area contributed by atoms with Crippen molar-refractivity contribution in [2.45, 2.75) is 6.04 Å². The number of nitrogens with two attached hydrogens (primary N) is 1. The Morgan fingerprint density at radius 2 is 2.00 bits per heavy atom. The number of amides is 1. The number of nitrogens with one attached hydrogen (secondary N) is 1. The molecular formula is C18H17N5O3. The van der Waals surface area contributed by atoms with Crippen molar-refractivity contribution >= 4 is 17.3 Å². The van der Waals surface area contributed by atoms with Gasteiger partial charge in [0.25, 0.3) is 5.69 Å². The highest BCUT2D eigenvalue weighted by molar-refractivity contribution is 5.94. The Bertz CT molecular complexity index is 952. The predicted octanol–water partition coefficient (Wildman–Crippen LogP) is 2.63. The first-order valence-electron chi connectivity index (χ1n) is 7.84. The molecule has 2 aromatic carbocycles. The number of rotatable bonds is 6. The van der Waals surface area contributed by atoms with Crippen molar-refractivity contribution in [2.75, 3.05) is 5.32 Å². The molecular weight excluding hydrogens is 334 g/mol. The molecule has 0 bridgehead atoms. The lowest BCUT2D eigenvalue weighted by atomic mass is 10.0. The van der Waals surface area contributed by atoms with E-state index in [2.05, 4.69) is 10.3 Å². The van der Waals surface area contributed by atoms with Gasteiger partial charge < -0.3 is 15.6 Å². The monoisotopic (exact) mass is 351 g/mol. The Labute approximate surface area is 149 Å². The predicted molar refractivity (Wildman–Crippen MR) is 96.7 cm³/mol. The molecule has 0 aliphatic rings. The average Bonchev–Trinajstić information content (AvgIpc) is 3.06. The Morgan fingerprint density at radius 1 is 1.27 bits per heavy atom. The SMILES string of the molecule is Cn1ccnc1[C@@H](Nc1ccc(C(N)=O)cc1[N+](=O)[O-])c1ccccc1. The van der Waals surface area contributed by atoms with Crippen LogP contribution in [-0.4, -0.2) is 20.4 Å². The molecule has 3 aromatic rings. The van der Waals surface area contributed by atoms with Crippen molar-refractivity contribution in [1.29, 1.82) is 0 Å². The second-order valence-electron chi connectivity index (χ2n) is 5.74. The number of primary amides is 1. The van der Waals surface area contributed by atoms with E-state index < -0.39 is 16.9 Å². The molecule has 1 heterocycles. The molecule has 0 radical (unpaired) electrons. The number of nitro benzene ring substituents is 1. The molecule has 1 aromatic heterocycles. The number of benzene rings is 2. The van der Waals surface area contributed by atoms with Gasteiger partial charge in [-0.15, -0.1) is 0 Å². The Kier molecular flexibility index (Phi) is 4.66. The van der Waals surface area contributed by atoms with Gasteiger partial charge >= 0.3 is 0 Å². The van der Waals surface area contributed by atoms with E-state index in [1.54, 1.807) is 12.4 Å². The van der Waals surface area contributed by atoms with Crippen molar-refractivity contribution < 1.29 is 9.72 Å². The molecule has 0 spiro atoms. The first kappa shape index (κ1) is 17.2. The van der Waals surface area contributed by atoms with E-state index in [0.29, 0.717) is 5.82 Å². The van der Waals surface area contributed by atoms with Crippen LogP contribution in [0.5, 0.6) is 0 Å². The van der Waals surface area contributed by atoms with Crippen molar-refractivity contribution in [2.24, 2.45) is 12.8 Å². The lowest BCUT2D eigenvalue weighted by Crippen LogP contribution is -2.18. The molecule has 0 fully saturated rings. The van der Waals surface area contributed by atoms with Crippen LogP contribution in [0.1, 0.15) is 27.8 Å². The van der Waals surface area contributed by atoms with Crippen LogP contribution in [0.15, 0.2) is 60.9 Å². The highest BCUT2D eigenvalue weighted by Crippen LogP contribution is 2.31. The lowest BCUT2D eigenvalue weighted by molar-refractivity contribution is -0.384. The molecule has 0 unspecified atom stereocenters. The van der Waals surface area contributed by atoms with Gasteiger partial charge in [0.1, 0.15) is 17.6 Å². The molecule has 0 saturated heterocycles. The molecule has 0 aliphatic carbocycles. The van der Waals surface area contributed by atoms with Crippen LogP contribution in [0.3, 0.4) is 0 Å². The van der Waals surface area contributed by atoms with Gasteiger partial charge in [-0.3, -0.25) is 14.9 Å². The minimum absolute atomic E-state index is 0.0792. The number of anilines is 1. The summed E-state index contributed by atoms with van der Waals surface area (Å²) in [5.41, 5.74) is 6.25. The summed E-state index contributed by atoms with van der Waals surface area (Å²) in [7, 11) is 1.85. The third-order valence-corrected chi connectivity index (χ3v) is 4.03. The molecule has 8 nitrogen and oxygen atoms in total. The summed E-state index contributed by atoms with van der Waals surface area (Å²) in [4.78, 5) is 26.6. The molecule has 26 heavy (non-hydrogen) atoms. The molecule has 3 rings (SSSR count). The van der Waals surface area contributed by atoms with Crippen LogP contribution in [0, 0.1) is 10.1 Å². The maximum absolute atomic E-state index is 11.5. The second kappa shape index (κ2) is 7.06. The van der Waals surface area contributed by atoms with E-state index in [1.165, 1.54) is 18.2 Å². The third-order valence-electron chi connectivity index (χ3n) is 4.03. The molecule has 0 aliphatic heterocycles. The van der Waals surface area contributed by atoms with Gasteiger partial charge in [0.05, 0.1) is 4.92 Å². The number of hydrogen-bond donors (Lipinski definition) is 2. The molecule has 3 N–H and O–H groups in total. The molecule has 8 heteroatoms. The number of carbonyl (C=O) groups is 1. The second-order valence-corrected chi connectivity index (χ2v) is 5.74. The topological polar surface area (TPSA) is 116 Å². The zero-order valence-electron chi connectivity index (χ0n) is 14.0. The normalized spacial score (nSPS) is 11.7. The van der Waals surface area contributed by atoms with Crippen LogP contribution in [0.4, 0.5) is 11.4 Å². The number of nitro groups is 1. The zero-order chi connectivity index (χ0) is 18.7. The number of imidazole rings is 1. The molecule has 1 amide bonds. The van der Waals surface area contributed by atoms with E-state index in [4.69, 9.17) is 5.73 Å². The number of nitrogens with zero attached hydrogens (tertiary/aromatic N) is 3. The minimum Gasteiger partial charge on any atom is -0.366 e. The Balaban J connectivity index is 2.07. The minimum atomic E-state index is -0.719. The highest BCUT2D eigenvalue weighted by atomic mass is 16.6. The summed E-state index contributed by atoms with van der Waals surface area (Å²) in [6.45, 7) is 0. The van der Waals surface area contributed by atoms with Gasteiger partial charge in [0.2, 0.25) is 5.91 Å². The van der Waals surface area contributed by atoms with Crippen molar-refractivity contribution in [3.8, 4) is 0 Å². The molecule has 132 valence electrons. The first-order chi connectivity index (χ1) is 12.5. The van der Waals surface area contributed by atoms with Crippen LogP contribution >= 0.6 is 0 Å². The standard InChI is InChI=1S/C18H17N5O3/c1-22-10-9-20-18(22)16(12-5-3-2-4-6-12)21-14-8-7-13(17(19)24)11-15(14)23(25)26/h2-11,16,21H,1H3,(H2,19,24)/t16-/m0/s1. The van der Waals surface area contributed by atoms with E-state index in [1.807, 2.05) is 41.9 Å². The van der Waals surface area contributed by atoms with Crippen LogP contribution < -0.4 is 11.1 Å². The van der Waals surface area contributed by atoms with Crippen LogP contribution in [0.2, 0.25) is 0 Å². The number of hydrogen-bond acceptors (Lipinski definition) is 5. The van der Waals surface area contributed by atoms with Gasteiger partial charge in [-0.25, -0.2) is 4.98 Å². The number of aromatic nitrogens is 2. The summed E-state index contributed by atoms with van der Waals surface area (Å²) in [6.07, 6.45) is 3.47. The van der Waals surface area contributed by atoms with Gasteiger partial charge in [-0.05, 0) is 17.7 Å². The first-order valence-corrected chi connectivity index (χ1v) is 7.84. The quantitative estimate of drug-likeness (QED) is 0.523. The van der Waals surface area contributed by atoms with Gasteiger partial charge in [0.15, 0.2) is 0 Å². The summed E-state index contributed by atoms with van der Waals surface area (Å²) in [5, 5.41) is 14.6. The van der Waals surface area contributed by atoms with Crippen molar-refractivity contribution in [3.05, 3.63) is 88.0 Å². The van der Waals surface area contributed by atoms with Gasteiger partial charge in [-0.2, -0.15) is 0 Å². The maximum Gasteiger partial charge on any atom is 0.293 e. The van der Waals surface area contributed by atoms with Crippen molar-refractivity contribution in [3.63, 3.8) is 0 Å². The van der Waals surface area contributed by atoms with E-state index >= 15 is 0 Å². The lowest BCUT2D eigenvalue weighted by Gasteiger charge is -2.20. The largest absolute Gasteiger partial charge is 0.366 e. The smallest absolute Gasteiger partial charge is 0.293 e.